The summed E-state index contributed by atoms with van der Waals surface area (Å²) in [7, 11) is -2.64. The molecule has 1 fully saturated rings. The van der Waals surface area contributed by atoms with Crippen LogP contribution in [0.15, 0.2) is 41.3 Å². The number of piperazine rings is 1. The highest BCUT2D eigenvalue weighted by atomic mass is 35.5. The minimum Gasteiger partial charge on any atom is -0.493 e. The molecule has 12 heteroatoms. The molecule has 1 heterocycles. The molecule has 0 spiro atoms. The van der Waals surface area contributed by atoms with E-state index in [0.29, 0.717) is 18.1 Å². The summed E-state index contributed by atoms with van der Waals surface area (Å²) < 4.78 is 38.0. The largest absolute Gasteiger partial charge is 0.493 e. The van der Waals surface area contributed by atoms with E-state index < -0.39 is 20.6 Å². The molecule has 178 valence electrons. The first-order valence-corrected chi connectivity index (χ1v) is 12.1. The van der Waals surface area contributed by atoms with Crippen LogP contribution in [0.4, 0.5) is 5.69 Å². The fourth-order valence-electron chi connectivity index (χ4n) is 3.47. The number of para-hydroxylation sites is 1. The summed E-state index contributed by atoms with van der Waals surface area (Å²) in [5.41, 5.74) is -0.196. The van der Waals surface area contributed by atoms with Crippen LogP contribution in [0.1, 0.15) is 23.7 Å². The van der Waals surface area contributed by atoms with Gasteiger partial charge in [0.25, 0.3) is 11.6 Å². The summed E-state index contributed by atoms with van der Waals surface area (Å²) in [4.78, 5) is 24.7. The van der Waals surface area contributed by atoms with Crippen molar-refractivity contribution in [1.82, 2.24) is 9.21 Å². The number of carbonyl (C=O) groups is 1. The molecule has 33 heavy (non-hydrogen) atoms. The Kier molecular flexibility index (Phi) is 7.77. The molecule has 0 atom stereocenters. The van der Waals surface area contributed by atoms with Crippen molar-refractivity contribution in [3.05, 3.63) is 57.1 Å². The van der Waals surface area contributed by atoms with Gasteiger partial charge in [0, 0.05) is 37.8 Å². The Bertz CT molecular complexity index is 1150. The Hall–Kier alpha value is -2.89. The van der Waals surface area contributed by atoms with Gasteiger partial charge in [-0.2, -0.15) is 4.31 Å². The van der Waals surface area contributed by atoms with Gasteiger partial charge in [-0.15, -0.1) is 0 Å². The fraction of sp³-hybridized carbons (Fsp3) is 0.381. The number of methoxy groups -OCH3 is 1. The van der Waals surface area contributed by atoms with Crippen LogP contribution in [0.25, 0.3) is 0 Å². The first-order chi connectivity index (χ1) is 15.7. The molecule has 2 aromatic rings. The minimum atomic E-state index is -4.09. The van der Waals surface area contributed by atoms with E-state index in [4.69, 9.17) is 21.1 Å². The summed E-state index contributed by atoms with van der Waals surface area (Å²) in [6.45, 7) is 2.64. The highest BCUT2D eigenvalue weighted by Gasteiger charge is 2.34. The first kappa shape index (κ1) is 24.7. The summed E-state index contributed by atoms with van der Waals surface area (Å²) in [5, 5.41) is 11.5. The Morgan fingerprint density at radius 1 is 1.18 bits per heavy atom. The Labute approximate surface area is 196 Å². The van der Waals surface area contributed by atoms with Gasteiger partial charge >= 0.3 is 0 Å². The van der Waals surface area contributed by atoms with Gasteiger partial charge in [-0.3, -0.25) is 14.9 Å². The number of rotatable bonds is 8. The van der Waals surface area contributed by atoms with Crippen LogP contribution in [0.5, 0.6) is 11.5 Å². The lowest BCUT2D eigenvalue weighted by atomic mass is 10.1. The molecule has 2 aromatic carbocycles. The van der Waals surface area contributed by atoms with Crippen LogP contribution in [0.3, 0.4) is 0 Å². The summed E-state index contributed by atoms with van der Waals surface area (Å²) in [5.74, 6) is 0.356. The molecule has 0 saturated carbocycles. The fourth-order valence-corrected chi connectivity index (χ4v) is 5.31. The quantitative estimate of drug-likeness (QED) is 0.405. The average Bonchev–Trinajstić information content (AvgIpc) is 2.82. The molecule has 0 N–H and O–H groups in total. The standard InChI is InChI=1S/C21H24ClN3O7S/c1-3-12-32-20-16(22)13-15(14-18(20)31-2)21(26)23-8-10-24(11-9-23)33(29,30)19-7-5-4-6-17(19)25(27)28/h4-7,13-14H,3,8-12H2,1-2H3. The van der Waals surface area contributed by atoms with Crippen LogP contribution >= 0.6 is 11.6 Å². The number of benzene rings is 2. The lowest BCUT2D eigenvalue weighted by molar-refractivity contribution is -0.387. The average molecular weight is 498 g/mol. The Morgan fingerprint density at radius 2 is 1.85 bits per heavy atom. The highest BCUT2D eigenvalue weighted by molar-refractivity contribution is 7.89. The van der Waals surface area contributed by atoms with Gasteiger partial charge < -0.3 is 14.4 Å². The van der Waals surface area contributed by atoms with Crippen LogP contribution in [0, 0.1) is 10.1 Å². The van der Waals surface area contributed by atoms with E-state index in [1.165, 1.54) is 42.3 Å². The zero-order chi connectivity index (χ0) is 24.2. The maximum Gasteiger partial charge on any atom is 0.289 e. The molecule has 0 radical (unpaired) electrons. The summed E-state index contributed by atoms with van der Waals surface area (Å²) in [6, 6.07) is 8.24. The van der Waals surface area contributed by atoms with E-state index in [-0.39, 0.29) is 47.6 Å². The van der Waals surface area contributed by atoms with Gasteiger partial charge in [0.1, 0.15) is 0 Å². The third-order valence-corrected chi connectivity index (χ3v) is 7.36. The van der Waals surface area contributed by atoms with E-state index >= 15 is 0 Å². The molecule has 1 aliphatic rings. The van der Waals surface area contributed by atoms with E-state index in [0.717, 1.165) is 16.8 Å². The van der Waals surface area contributed by atoms with Crippen LogP contribution in [-0.4, -0.2) is 68.3 Å². The molecule has 0 aromatic heterocycles. The van der Waals surface area contributed by atoms with E-state index in [1.807, 2.05) is 6.92 Å². The molecule has 1 saturated heterocycles. The molecule has 1 amide bonds. The molecular weight excluding hydrogens is 474 g/mol. The highest BCUT2D eigenvalue weighted by Crippen LogP contribution is 2.37. The Morgan fingerprint density at radius 3 is 2.45 bits per heavy atom. The summed E-state index contributed by atoms with van der Waals surface area (Å²) >= 11 is 6.30. The van der Waals surface area contributed by atoms with Crippen molar-refractivity contribution in [3.63, 3.8) is 0 Å². The third kappa shape index (κ3) is 5.21. The van der Waals surface area contributed by atoms with E-state index in [1.54, 1.807) is 0 Å². The zero-order valence-electron chi connectivity index (χ0n) is 18.2. The van der Waals surface area contributed by atoms with Crippen molar-refractivity contribution >= 4 is 33.2 Å². The molecule has 3 rings (SSSR count). The SMILES string of the molecule is CCCOc1c(Cl)cc(C(=O)N2CCN(S(=O)(=O)c3ccccc3[N+](=O)[O-])CC2)cc1OC. The predicted octanol–water partition coefficient (Wildman–Crippen LogP) is 3.19. The van der Waals surface area contributed by atoms with Crippen LogP contribution < -0.4 is 9.47 Å². The monoisotopic (exact) mass is 497 g/mol. The van der Waals surface area contributed by atoms with Gasteiger partial charge in [-0.1, -0.05) is 30.7 Å². The summed E-state index contributed by atoms with van der Waals surface area (Å²) in [6.07, 6.45) is 0.777. The van der Waals surface area contributed by atoms with Gasteiger partial charge in [-0.05, 0) is 24.6 Å². The maximum atomic E-state index is 13.0. The van der Waals surface area contributed by atoms with Crippen molar-refractivity contribution in [3.8, 4) is 11.5 Å². The van der Waals surface area contributed by atoms with E-state index in [2.05, 4.69) is 0 Å². The normalized spacial score (nSPS) is 14.7. The van der Waals surface area contributed by atoms with Crippen molar-refractivity contribution < 1.29 is 27.6 Å². The number of ether oxygens (including phenoxy) is 2. The van der Waals surface area contributed by atoms with Crippen molar-refractivity contribution in [1.29, 1.82) is 0 Å². The topological polar surface area (TPSA) is 119 Å². The molecule has 10 nitrogen and oxygen atoms in total. The number of nitrogens with zero attached hydrogens (tertiary/aromatic N) is 3. The number of nitro benzene ring substituents is 1. The first-order valence-electron chi connectivity index (χ1n) is 10.2. The van der Waals surface area contributed by atoms with Gasteiger partial charge in [0.2, 0.25) is 10.0 Å². The van der Waals surface area contributed by atoms with Crippen molar-refractivity contribution in [2.24, 2.45) is 0 Å². The lowest BCUT2D eigenvalue weighted by Crippen LogP contribution is -2.50. The number of hydrogen-bond acceptors (Lipinski definition) is 7. The smallest absolute Gasteiger partial charge is 0.289 e. The number of sulfonamides is 1. The van der Waals surface area contributed by atoms with Crippen LogP contribution in [-0.2, 0) is 10.0 Å². The second-order valence-corrected chi connectivity index (χ2v) is 9.57. The third-order valence-electron chi connectivity index (χ3n) is 5.13. The molecule has 1 aliphatic heterocycles. The molecule has 0 bridgehead atoms. The zero-order valence-corrected chi connectivity index (χ0v) is 19.8. The maximum absolute atomic E-state index is 13.0. The minimum absolute atomic E-state index is 0.00266. The van der Waals surface area contributed by atoms with Crippen LogP contribution in [0.2, 0.25) is 5.02 Å². The number of halogens is 1. The van der Waals surface area contributed by atoms with Crippen molar-refractivity contribution in [2.45, 2.75) is 18.2 Å². The number of amides is 1. The van der Waals surface area contributed by atoms with Gasteiger partial charge in [0.15, 0.2) is 16.4 Å². The lowest BCUT2D eigenvalue weighted by Gasteiger charge is -2.34. The van der Waals surface area contributed by atoms with Crippen molar-refractivity contribution in [2.75, 3.05) is 39.9 Å². The second kappa shape index (κ2) is 10.4. The molecule has 0 unspecified atom stereocenters. The number of nitro groups is 1. The number of hydrogen-bond donors (Lipinski definition) is 0. The molecular formula is C21H24ClN3O7S. The Balaban J connectivity index is 1.76. The number of carbonyl (C=O) groups excluding carboxylic acids is 1. The van der Waals surface area contributed by atoms with Gasteiger partial charge in [0.05, 0.1) is 23.7 Å². The van der Waals surface area contributed by atoms with E-state index in [9.17, 15) is 23.3 Å². The predicted molar refractivity (Wildman–Crippen MR) is 122 cm³/mol. The second-order valence-electron chi connectivity index (χ2n) is 7.26. The molecule has 0 aliphatic carbocycles. The van der Waals surface area contributed by atoms with Gasteiger partial charge in [-0.25, -0.2) is 8.42 Å².